The molecule has 0 radical (unpaired) electrons. The molecular weight excluding hydrogens is 236 g/mol. The fourth-order valence-electron chi connectivity index (χ4n) is 2.25. The maximum absolute atomic E-state index is 9.96. The van der Waals surface area contributed by atoms with Crippen molar-refractivity contribution in [3.8, 4) is 0 Å². The first-order valence-electron chi connectivity index (χ1n) is 5.79. The summed E-state index contributed by atoms with van der Waals surface area (Å²) < 4.78 is 7.26. The molecule has 2 aromatic heterocycles. The van der Waals surface area contributed by atoms with Crippen molar-refractivity contribution in [1.82, 2.24) is 19.5 Å². The predicted molar refractivity (Wildman–Crippen MR) is 61.7 cm³/mol. The molecule has 7 nitrogen and oxygen atoms in total. The SMILES string of the molecule is Cc1ncnc2c1ncn2C1OC(CO)CC1O. The number of hydrogen-bond donors (Lipinski definition) is 2. The van der Waals surface area contributed by atoms with Crippen molar-refractivity contribution in [2.24, 2.45) is 0 Å². The van der Waals surface area contributed by atoms with Gasteiger partial charge in [0.2, 0.25) is 0 Å². The van der Waals surface area contributed by atoms with Crippen LogP contribution in [0.25, 0.3) is 11.2 Å². The summed E-state index contributed by atoms with van der Waals surface area (Å²) >= 11 is 0. The highest BCUT2D eigenvalue weighted by atomic mass is 16.5. The molecule has 1 aliphatic rings. The molecule has 3 atom stereocenters. The van der Waals surface area contributed by atoms with E-state index in [4.69, 9.17) is 9.84 Å². The van der Waals surface area contributed by atoms with Gasteiger partial charge in [0.15, 0.2) is 11.9 Å². The highest BCUT2D eigenvalue weighted by molar-refractivity contribution is 5.72. The van der Waals surface area contributed by atoms with Gasteiger partial charge in [-0.05, 0) is 6.92 Å². The van der Waals surface area contributed by atoms with Crippen LogP contribution in [0, 0.1) is 6.92 Å². The second-order valence-electron chi connectivity index (χ2n) is 4.42. The summed E-state index contributed by atoms with van der Waals surface area (Å²) in [5, 5.41) is 19.0. The molecule has 96 valence electrons. The molecule has 2 N–H and O–H groups in total. The largest absolute Gasteiger partial charge is 0.394 e. The molecule has 0 bridgehead atoms. The number of aliphatic hydroxyl groups excluding tert-OH is 2. The number of aromatic nitrogens is 4. The van der Waals surface area contributed by atoms with Gasteiger partial charge in [0.1, 0.15) is 17.9 Å². The molecule has 0 aliphatic carbocycles. The van der Waals surface area contributed by atoms with Crippen molar-refractivity contribution >= 4 is 11.2 Å². The van der Waals surface area contributed by atoms with E-state index >= 15 is 0 Å². The van der Waals surface area contributed by atoms with Crippen molar-refractivity contribution < 1.29 is 14.9 Å². The van der Waals surface area contributed by atoms with E-state index in [-0.39, 0.29) is 12.7 Å². The highest BCUT2D eigenvalue weighted by Gasteiger charge is 2.35. The summed E-state index contributed by atoms with van der Waals surface area (Å²) in [5.74, 6) is 0. The zero-order valence-corrected chi connectivity index (χ0v) is 9.89. The lowest BCUT2D eigenvalue weighted by Crippen LogP contribution is -2.19. The van der Waals surface area contributed by atoms with E-state index in [1.807, 2.05) is 6.92 Å². The van der Waals surface area contributed by atoms with Crippen LogP contribution in [0.4, 0.5) is 0 Å². The van der Waals surface area contributed by atoms with Crippen molar-refractivity contribution in [2.45, 2.75) is 31.8 Å². The quantitative estimate of drug-likeness (QED) is 0.765. The van der Waals surface area contributed by atoms with Crippen molar-refractivity contribution in [2.75, 3.05) is 6.61 Å². The van der Waals surface area contributed by atoms with Crippen LogP contribution in [0.1, 0.15) is 18.3 Å². The summed E-state index contributed by atoms with van der Waals surface area (Å²) in [6.07, 6.45) is 1.88. The number of ether oxygens (including phenoxy) is 1. The molecule has 0 saturated carbocycles. The van der Waals surface area contributed by atoms with E-state index < -0.39 is 12.3 Å². The van der Waals surface area contributed by atoms with Crippen LogP contribution in [0.5, 0.6) is 0 Å². The van der Waals surface area contributed by atoms with Crippen LogP contribution in [-0.4, -0.2) is 48.5 Å². The average Bonchev–Trinajstić information content (AvgIpc) is 2.93. The lowest BCUT2D eigenvalue weighted by molar-refractivity contribution is -0.0486. The molecule has 3 unspecified atom stereocenters. The normalized spacial score (nSPS) is 28.1. The van der Waals surface area contributed by atoms with Crippen LogP contribution < -0.4 is 0 Å². The third kappa shape index (κ3) is 1.67. The summed E-state index contributed by atoms with van der Waals surface area (Å²) in [6.45, 7) is 1.75. The van der Waals surface area contributed by atoms with Gasteiger partial charge in [-0.25, -0.2) is 15.0 Å². The first-order chi connectivity index (χ1) is 8.70. The van der Waals surface area contributed by atoms with E-state index in [1.165, 1.54) is 6.33 Å². The number of fused-ring (bicyclic) bond motifs is 1. The molecule has 0 aromatic carbocycles. The van der Waals surface area contributed by atoms with Gasteiger partial charge in [-0.3, -0.25) is 4.57 Å². The maximum Gasteiger partial charge on any atom is 0.165 e. The minimum absolute atomic E-state index is 0.103. The predicted octanol–water partition coefficient (Wildman–Crippen LogP) is -0.225. The van der Waals surface area contributed by atoms with E-state index in [0.717, 1.165) is 5.69 Å². The number of aryl methyl sites for hydroxylation is 1. The van der Waals surface area contributed by atoms with Gasteiger partial charge >= 0.3 is 0 Å². The van der Waals surface area contributed by atoms with Gasteiger partial charge in [-0.2, -0.15) is 0 Å². The zero-order chi connectivity index (χ0) is 12.7. The Kier molecular flexibility index (Phi) is 2.73. The lowest BCUT2D eigenvalue weighted by Gasteiger charge is -2.16. The minimum Gasteiger partial charge on any atom is -0.394 e. The van der Waals surface area contributed by atoms with Gasteiger partial charge in [-0.15, -0.1) is 0 Å². The van der Waals surface area contributed by atoms with Crippen molar-refractivity contribution in [1.29, 1.82) is 0 Å². The molecule has 1 saturated heterocycles. The third-order valence-electron chi connectivity index (χ3n) is 3.18. The second-order valence-corrected chi connectivity index (χ2v) is 4.42. The van der Waals surface area contributed by atoms with Crippen LogP contribution >= 0.6 is 0 Å². The summed E-state index contributed by atoms with van der Waals surface area (Å²) in [6, 6.07) is 0. The average molecular weight is 250 g/mol. The van der Waals surface area contributed by atoms with Crippen LogP contribution in [0.2, 0.25) is 0 Å². The summed E-state index contributed by atoms with van der Waals surface area (Å²) in [4.78, 5) is 12.5. The molecular formula is C11H14N4O3. The number of imidazole rings is 1. The van der Waals surface area contributed by atoms with Crippen LogP contribution in [0.15, 0.2) is 12.7 Å². The van der Waals surface area contributed by atoms with E-state index in [0.29, 0.717) is 17.6 Å². The van der Waals surface area contributed by atoms with Gasteiger partial charge in [0, 0.05) is 6.42 Å². The molecule has 3 heterocycles. The molecule has 0 spiro atoms. The van der Waals surface area contributed by atoms with Crippen LogP contribution in [-0.2, 0) is 4.74 Å². The number of aliphatic hydroxyl groups is 2. The standard InChI is InChI=1S/C11H14N4O3/c1-6-9-10(13-4-12-6)15(5-14-9)11-8(17)2-7(3-16)18-11/h4-5,7-8,11,16-17H,2-3H2,1H3. The van der Waals surface area contributed by atoms with E-state index in [2.05, 4.69) is 15.0 Å². The molecule has 3 rings (SSSR count). The fraction of sp³-hybridized carbons (Fsp3) is 0.545. The maximum atomic E-state index is 9.96. The number of rotatable bonds is 2. The van der Waals surface area contributed by atoms with E-state index in [1.54, 1.807) is 10.9 Å². The number of hydrogen-bond acceptors (Lipinski definition) is 6. The Hall–Kier alpha value is -1.57. The molecule has 2 aromatic rings. The monoisotopic (exact) mass is 250 g/mol. The minimum atomic E-state index is -0.671. The van der Waals surface area contributed by atoms with Gasteiger partial charge in [-0.1, -0.05) is 0 Å². The highest BCUT2D eigenvalue weighted by Crippen LogP contribution is 2.30. The third-order valence-corrected chi connectivity index (χ3v) is 3.18. The molecule has 1 fully saturated rings. The Balaban J connectivity index is 2.02. The molecule has 7 heteroatoms. The van der Waals surface area contributed by atoms with Gasteiger partial charge < -0.3 is 14.9 Å². The smallest absolute Gasteiger partial charge is 0.165 e. The van der Waals surface area contributed by atoms with Crippen molar-refractivity contribution in [3.05, 3.63) is 18.3 Å². The van der Waals surface area contributed by atoms with Gasteiger partial charge in [0.05, 0.1) is 24.7 Å². The molecule has 1 aliphatic heterocycles. The zero-order valence-electron chi connectivity index (χ0n) is 9.89. The van der Waals surface area contributed by atoms with Gasteiger partial charge in [0.25, 0.3) is 0 Å². The molecule has 0 amide bonds. The Morgan fingerprint density at radius 3 is 3.00 bits per heavy atom. The van der Waals surface area contributed by atoms with Crippen LogP contribution in [0.3, 0.4) is 0 Å². The summed E-state index contributed by atoms with van der Waals surface area (Å²) in [5.41, 5.74) is 2.11. The Labute approximate surface area is 103 Å². The Morgan fingerprint density at radius 1 is 1.44 bits per heavy atom. The van der Waals surface area contributed by atoms with Crippen molar-refractivity contribution in [3.63, 3.8) is 0 Å². The number of nitrogens with zero attached hydrogens (tertiary/aromatic N) is 4. The Morgan fingerprint density at radius 2 is 2.28 bits per heavy atom. The Bertz CT molecular complexity index is 570. The second kappa shape index (κ2) is 4.27. The molecule has 18 heavy (non-hydrogen) atoms. The topological polar surface area (TPSA) is 93.3 Å². The fourth-order valence-corrected chi connectivity index (χ4v) is 2.25. The first kappa shape index (κ1) is 11.5. The first-order valence-corrected chi connectivity index (χ1v) is 5.79. The van der Waals surface area contributed by atoms with E-state index in [9.17, 15) is 5.11 Å². The lowest BCUT2D eigenvalue weighted by atomic mass is 10.2. The summed E-state index contributed by atoms with van der Waals surface area (Å²) in [7, 11) is 0.